The van der Waals surface area contributed by atoms with Crippen LogP contribution in [0.25, 0.3) is 10.9 Å². The van der Waals surface area contributed by atoms with Crippen molar-refractivity contribution in [1.82, 2.24) is 9.47 Å². The van der Waals surface area contributed by atoms with Crippen LogP contribution in [-0.2, 0) is 0 Å². The first kappa shape index (κ1) is 14.2. The predicted molar refractivity (Wildman–Crippen MR) is 89.0 cm³/mol. The van der Waals surface area contributed by atoms with Gasteiger partial charge in [0, 0.05) is 28.1 Å². The molecule has 0 N–H and O–H groups in total. The minimum absolute atomic E-state index is 0.400. The van der Waals surface area contributed by atoms with E-state index in [9.17, 15) is 0 Å². The summed E-state index contributed by atoms with van der Waals surface area (Å²) in [5.41, 5.74) is 1.32. The molecule has 3 unspecified atom stereocenters. The number of likely N-dealkylation sites (tertiary alicyclic amines) is 1. The van der Waals surface area contributed by atoms with Gasteiger partial charge >= 0.3 is 0 Å². The third kappa shape index (κ3) is 2.31. The topological polar surface area (TPSA) is 8.17 Å². The SMILES string of the molecule is CC1CCCC(C)N1C(C)n1cc(Br)c2ccccc21. The van der Waals surface area contributed by atoms with Gasteiger partial charge < -0.3 is 4.57 Å². The van der Waals surface area contributed by atoms with Gasteiger partial charge in [-0.1, -0.05) is 24.6 Å². The van der Waals surface area contributed by atoms with Gasteiger partial charge in [-0.15, -0.1) is 0 Å². The van der Waals surface area contributed by atoms with Crippen LogP contribution in [0.15, 0.2) is 34.9 Å². The van der Waals surface area contributed by atoms with Gasteiger partial charge in [-0.2, -0.15) is 0 Å². The molecule has 1 aliphatic rings. The first-order chi connectivity index (χ1) is 9.59. The van der Waals surface area contributed by atoms with Gasteiger partial charge in [-0.05, 0) is 55.6 Å². The first-order valence-electron chi connectivity index (χ1n) is 7.62. The molecule has 20 heavy (non-hydrogen) atoms. The van der Waals surface area contributed by atoms with Crippen molar-refractivity contribution in [2.45, 2.75) is 58.3 Å². The summed E-state index contributed by atoms with van der Waals surface area (Å²) in [6.07, 6.45) is 6.63. The van der Waals surface area contributed by atoms with Crippen molar-refractivity contribution in [1.29, 1.82) is 0 Å². The molecule has 0 aliphatic carbocycles. The molecule has 0 saturated carbocycles. The number of hydrogen-bond acceptors (Lipinski definition) is 1. The monoisotopic (exact) mass is 334 g/mol. The second kappa shape index (κ2) is 5.53. The molecule has 1 aromatic carbocycles. The molecule has 1 saturated heterocycles. The molecule has 2 aromatic rings. The number of para-hydroxylation sites is 1. The number of rotatable bonds is 2. The summed E-state index contributed by atoms with van der Waals surface area (Å²) in [6, 6.07) is 9.96. The van der Waals surface area contributed by atoms with E-state index in [1.54, 1.807) is 0 Å². The summed E-state index contributed by atoms with van der Waals surface area (Å²) < 4.78 is 3.61. The number of hydrogen-bond donors (Lipinski definition) is 0. The summed E-state index contributed by atoms with van der Waals surface area (Å²) in [4.78, 5) is 2.67. The van der Waals surface area contributed by atoms with E-state index in [0.29, 0.717) is 18.2 Å². The summed E-state index contributed by atoms with van der Waals surface area (Å²) in [6.45, 7) is 7.07. The minimum Gasteiger partial charge on any atom is -0.330 e. The maximum absolute atomic E-state index is 3.70. The zero-order valence-electron chi connectivity index (χ0n) is 12.5. The lowest BCUT2D eigenvalue weighted by Gasteiger charge is -2.43. The van der Waals surface area contributed by atoms with Crippen LogP contribution >= 0.6 is 15.9 Å². The van der Waals surface area contributed by atoms with Crippen LogP contribution in [0.2, 0.25) is 0 Å². The molecule has 2 heterocycles. The highest BCUT2D eigenvalue weighted by atomic mass is 79.9. The standard InChI is InChI=1S/C17H23BrN2/c1-12-7-6-8-13(2)20(12)14(3)19-11-16(18)15-9-4-5-10-17(15)19/h4-5,9-14H,6-8H2,1-3H3. The molecule has 0 bridgehead atoms. The molecular formula is C17H23BrN2. The van der Waals surface area contributed by atoms with Crippen LogP contribution in [-0.4, -0.2) is 21.6 Å². The van der Waals surface area contributed by atoms with E-state index in [4.69, 9.17) is 0 Å². The van der Waals surface area contributed by atoms with Gasteiger partial charge in [-0.3, -0.25) is 4.90 Å². The van der Waals surface area contributed by atoms with Crippen molar-refractivity contribution in [2.24, 2.45) is 0 Å². The van der Waals surface area contributed by atoms with Crippen molar-refractivity contribution in [3.8, 4) is 0 Å². The van der Waals surface area contributed by atoms with E-state index in [2.05, 4.69) is 76.6 Å². The van der Waals surface area contributed by atoms with Crippen molar-refractivity contribution < 1.29 is 0 Å². The molecule has 1 aliphatic heterocycles. The Hall–Kier alpha value is -0.800. The predicted octanol–water partition coefficient (Wildman–Crippen LogP) is 5.19. The third-order valence-electron chi connectivity index (χ3n) is 4.79. The first-order valence-corrected chi connectivity index (χ1v) is 8.41. The lowest BCUT2D eigenvalue weighted by Crippen LogP contribution is -2.46. The van der Waals surface area contributed by atoms with Crippen LogP contribution in [0.5, 0.6) is 0 Å². The molecule has 1 fully saturated rings. The highest BCUT2D eigenvalue weighted by Crippen LogP contribution is 2.34. The van der Waals surface area contributed by atoms with Crippen molar-refractivity contribution in [3.63, 3.8) is 0 Å². The summed E-state index contributed by atoms with van der Waals surface area (Å²) in [5, 5.41) is 1.30. The number of piperidine rings is 1. The lowest BCUT2D eigenvalue weighted by atomic mass is 9.97. The van der Waals surface area contributed by atoms with Crippen molar-refractivity contribution >= 4 is 26.8 Å². The van der Waals surface area contributed by atoms with Crippen LogP contribution in [0.4, 0.5) is 0 Å². The Morgan fingerprint density at radius 2 is 1.80 bits per heavy atom. The molecule has 0 spiro atoms. The fourth-order valence-corrected chi connectivity index (χ4v) is 4.35. The molecule has 3 rings (SSSR count). The number of nitrogens with zero attached hydrogens (tertiary/aromatic N) is 2. The van der Waals surface area contributed by atoms with Gasteiger partial charge in [0.25, 0.3) is 0 Å². The third-order valence-corrected chi connectivity index (χ3v) is 5.42. The van der Waals surface area contributed by atoms with Gasteiger partial charge in [0.2, 0.25) is 0 Å². The molecule has 2 nitrogen and oxygen atoms in total. The van der Waals surface area contributed by atoms with E-state index in [-0.39, 0.29) is 0 Å². The number of aromatic nitrogens is 1. The maximum atomic E-state index is 3.70. The number of halogens is 1. The molecule has 0 radical (unpaired) electrons. The van der Waals surface area contributed by atoms with Crippen molar-refractivity contribution in [3.05, 3.63) is 34.9 Å². The van der Waals surface area contributed by atoms with Gasteiger partial charge in [0.15, 0.2) is 0 Å². The highest BCUT2D eigenvalue weighted by Gasteiger charge is 2.30. The second-order valence-corrected chi connectivity index (χ2v) is 6.96. The second-order valence-electron chi connectivity index (χ2n) is 6.11. The average Bonchev–Trinajstić information content (AvgIpc) is 2.76. The van der Waals surface area contributed by atoms with E-state index in [1.165, 1.54) is 34.6 Å². The Kier molecular flexibility index (Phi) is 3.91. The molecule has 108 valence electrons. The van der Waals surface area contributed by atoms with E-state index in [0.717, 1.165) is 0 Å². The zero-order chi connectivity index (χ0) is 14.3. The Morgan fingerprint density at radius 1 is 1.15 bits per heavy atom. The Morgan fingerprint density at radius 3 is 2.50 bits per heavy atom. The van der Waals surface area contributed by atoms with Crippen LogP contribution in [0, 0.1) is 0 Å². The lowest BCUT2D eigenvalue weighted by molar-refractivity contribution is 0.0316. The Balaban J connectivity index is 2.01. The summed E-state index contributed by atoms with van der Waals surface area (Å²) >= 11 is 3.70. The van der Waals surface area contributed by atoms with E-state index >= 15 is 0 Å². The minimum atomic E-state index is 0.400. The fraction of sp³-hybridized carbons (Fsp3) is 0.529. The van der Waals surface area contributed by atoms with E-state index < -0.39 is 0 Å². The van der Waals surface area contributed by atoms with Crippen LogP contribution in [0.1, 0.15) is 46.2 Å². The Bertz CT molecular complexity index is 594. The molecule has 3 heteroatoms. The van der Waals surface area contributed by atoms with Gasteiger partial charge in [0.05, 0.1) is 11.7 Å². The van der Waals surface area contributed by atoms with Crippen LogP contribution in [0.3, 0.4) is 0 Å². The molecule has 1 aromatic heterocycles. The molecular weight excluding hydrogens is 312 g/mol. The number of benzene rings is 1. The summed E-state index contributed by atoms with van der Waals surface area (Å²) in [5.74, 6) is 0. The normalized spacial score (nSPS) is 26.0. The number of fused-ring (bicyclic) bond motifs is 1. The van der Waals surface area contributed by atoms with Gasteiger partial charge in [-0.25, -0.2) is 0 Å². The smallest absolute Gasteiger partial charge is 0.0840 e. The largest absolute Gasteiger partial charge is 0.330 e. The van der Waals surface area contributed by atoms with Crippen LogP contribution < -0.4 is 0 Å². The summed E-state index contributed by atoms with van der Waals surface area (Å²) in [7, 11) is 0. The quantitative estimate of drug-likeness (QED) is 0.734. The maximum Gasteiger partial charge on any atom is 0.0840 e. The average molecular weight is 335 g/mol. The molecule has 3 atom stereocenters. The molecule has 0 amide bonds. The fourth-order valence-electron chi connectivity index (χ4n) is 3.79. The highest BCUT2D eigenvalue weighted by molar-refractivity contribution is 9.10. The van der Waals surface area contributed by atoms with Gasteiger partial charge in [0.1, 0.15) is 0 Å². The zero-order valence-corrected chi connectivity index (χ0v) is 14.1. The van der Waals surface area contributed by atoms with Crippen molar-refractivity contribution in [2.75, 3.05) is 0 Å². The van der Waals surface area contributed by atoms with E-state index in [1.807, 2.05) is 0 Å². The Labute approximate surface area is 129 Å².